The van der Waals surface area contributed by atoms with Gasteiger partial charge in [-0.3, -0.25) is 4.79 Å². The molecule has 1 atom stereocenters. The maximum absolute atomic E-state index is 11.7. The minimum absolute atomic E-state index is 0.0254. The van der Waals surface area contributed by atoms with Crippen LogP contribution in [0.4, 0.5) is 5.69 Å². The summed E-state index contributed by atoms with van der Waals surface area (Å²) in [6, 6.07) is 6.79. The Morgan fingerprint density at radius 3 is 2.82 bits per heavy atom. The van der Waals surface area contributed by atoms with E-state index >= 15 is 0 Å². The van der Waals surface area contributed by atoms with Crippen LogP contribution >= 0.6 is 0 Å². The fraction of sp³-hybridized carbons (Fsp3) is 0.273. The van der Waals surface area contributed by atoms with Gasteiger partial charge in [0.15, 0.2) is 0 Å². The van der Waals surface area contributed by atoms with Crippen molar-refractivity contribution >= 4 is 17.6 Å². The van der Waals surface area contributed by atoms with Crippen molar-refractivity contribution < 1.29 is 19.4 Å². The van der Waals surface area contributed by atoms with Gasteiger partial charge in [-0.25, -0.2) is 4.79 Å². The number of nitrogens with two attached hydrogens (primary N) is 1. The lowest BCUT2D eigenvalue weighted by molar-refractivity contribution is -0.145. The van der Waals surface area contributed by atoms with Gasteiger partial charge in [-0.15, -0.1) is 0 Å². The number of ether oxygens (including phenoxy) is 1. The molecule has 6 nitrogen and oxygen atoms in total. The van der Waals surface area contributed by atoms with Gasteiger partial charge in [-0.2, -0.15) is 0 Å². The van der Waals surface area contributed by atoms with E-state index in [0.717, 1.165) is 0 Å². The van der Waals surface area contributed by atoms with E-state index in [1.807, 2.05) is 0 Å². The number of aliphatic carboxylic acids is 1. The topological polar surface area (TPSA) is 92.9 Å². The van der Waals surface area contributed by atoms with Crippen LogP contribution in [0.25, 0.3) is 0 Å². The number of hydrogen-bond donors (Lipinski definition) is 2. The molecule has 0 aromatic heterocycles. The molecule has 0 saturated carbocycles. The van der Waals surface area contributed by atoms with Gasteiger partial charge in [-0.1, -0.05) is 12.1 Å². The lowest BCUT2D eigenvalue weighted by Gasteiger charge is -2.32. The van der Waals surface area contributed by atoms with Crippen LogP contribution in [0.2, 0.25) is 0 Å². The number of carboxylic acid groups (broad SMARTS) is 1. The summed E-state index contributed by atoms with van der Waals surface area (Å²) in [4.78, 5) is 23.9. The Balaban J connectivity index is 2.39. The van der Waals surface area contributed by atoms with Crippen molar-refractivity contribution in [1.82, 2.24) is 0 Å². The largest absolute Gasteiger partial charge is 0.478 e. The summed E-state index contributed by atoms with van der Waals surface area (Å²) < 4.78 is 5.28. The van der Waals surface area contributed by atoms with Gasteiger partial charge in [0.1, 0.15) is 5.75 Å². The summed E-state index contributed by atoms with van der Waals surface area (Å²) in [5, 5.41) is 8.94. The normalized spacial score (nSPS) is 18.2. The Bertz CT molecular complexity index is 461. The van der Waals surface area contributed by atoms with E-state index in [-0.39, 0.29) is 19.0 Å². The van der Waals surface area contributed by atoms with Crippen molar-refractivity contribution in [1.29, 1.82) is 0 Å². The van der Waals surface area contributed by atoms with E-state index in [0.29, 0.717) is 11.4 Å². The fourth-order valence-corrected chi connectivity index (χ4v) is 1.71. The highest BCUT2D eigenvalue weighted by molar-refractivity contribution is 5.97. The number of anilines is 1. The van der Waals surface area contributed by atoms with Crippen molar-refractivity contribution in [2.75, 3.05) is 18.0 Å². The van der Waals surface area contributed by atoms with Crippen molar-refractivity contribution in [2.45, 2.75) is 6.10 Å². The van der Waals surface area contributed by atoms with Crippen molar-refractivity contribution in [3.8, 4) is 5.75 Å². The number of nitrogens with zero attached hydrogens (tertiary/aromatic N) is 1. The number of para-hydroxylation sites is 2. The smallest absolute Gasteiger partial charge is 0.346 e. The number of benzene rings is 1. The molecule has 1 aliphatic heterocycles. The van der Waals surface area contributed by atoms with Gasteiger partial charge in [0.05, 0.1) is 18.8 Å². The van der Waals surface area contributed by atoms with E-state index in [1.54, 1.807) is 24.3 Å². The molecule has 90 valence electrons. The third kappa shape index (κ3) is 2.07. The average molecular weight is 236 g/mol. The van der Waals surface area contributed by atoms with E-state index in [4.69, 9.17) is 15.6 Å². The second-order valence-corrected chi connectivity index (χ2v) is 3.62. The van der Waals surface area contributed by atoms with Crippen LogP contribution in [0.5, 0.6) is 5.75 Å². The van der Waals surface area contributed by atoms with Crippen molar-refractivity contribution in [3.05, 3.63) is 24.3 Å². The average Bonchev–Trinajstić information content (AvgIpc) is 2.36. The molecule has 1 amide bonds. The molecule has 0 radical (unpaired) electrons. The number of hydrogen-bond acceptors (Lipinski definition) is 4. The van der Waals surface area contributed by atoms with Crippen LogP contribution in [-0.4, -0.2) is 36.2 Å². The molecule has 2 rings (SSSR count). The first-order chi connectivity index (χ1) is 8.13. The van der Waals surface area contributed by atoms with Crippen LogP contribution in [-0.2, 0) is 9.59 Å². The molecule has 0 bridgehead atoms. The Kier molecular flexibility index (Phi) is 2.97. The van der Waals surface area contributed by atoms with Crippen molar-refractivity contribution in [2.24, 2.45) is 5.73 Å². The zero-order valence-electron chi connectivity index (χ0n) is 9.00. The monoisotopic (exact) mass is 236 g/mol. The van der Waals surface area contributed by atoms with Gasteiger partial charge in [0.25, 0.3) is 0 Å². The minimum Gasteiger partial charge on any atom is -0.478 e. The van der Waals surface area contributed by atoms with Crippen LogP contribution < -0.4 is 15.4 Å². The first-order valence-corrected chi connectivity index (χ1v) is 5.12. The van der Waals surface area contributed by atoms with Gasteiger partial charge in [0, 0.05) is 0 Å². The van der Waals surface area contributed by atoms with E-state index in [1.165, 1.54) is 4.90 Å². The first kappa shape index (κ1) is 11.4. The third-order valence-corrected chi connectivity index (χ3v) is 2.52. The summed E-state index contributed by atoms with van der Waals surface area (Å²) in [7, 11) is 0. The summed E-state index contributed by atoms with van der Waals surface area (Å²) in [5.74, 6) is -1.05. The number of carbonyl (C=O) groups excluding carboxylic acids is 1. The zero-order valence-corrected chi connectivity index (χ0v) is 9.00. The molecule has 0 fully saturated rings. The summed E-state index contributed by atoms with van der Waals surface area (Å²) >= 11 is 0. The third-order valence-electron chi connectivity index (χ3n) is 2.52. The molecule has 6 heteroatoms. The van der Waals surface area contributed by atoms with Gasteiger partial charge in [-0.05, 0) is 12.1 Å². The molecular formula is C11H12N2O4. The quantitative estimate of drug-likeness (QED) is 0.743. The maximum Gasteiger partial charge on any atom is 0.346 e. The summed E-state index contributed by atoms with van der Waals surface area (Å²) in [5.41, 5.74) is 5.86. The Morgan fingerprint density at radius 1 is 1.47 bits per heavy atom. The highest BCUT2D eigenvalue weighted by Crippen LogP contribution is 2.32. The molecule has 0 spiro atoms. The molecule has 17 heavy (non-hydrogen) atoms. The Hall–Kier alpha value is -2.08. The second-order valence-electron chi connectivity index (χ2n) is 3.62. The van der Waals surface area contributed by atoms with E-state index in [2.05, 4.69) is 0 Å². The predicted octanol–water partition coefficient (Wildman–Crippen LogP) is -0.176. The van der Waals surface area contributed by atoms with Gasteiger partial charge >= 0.3 is 5.97 Å². The molecule has 1 aromatic carbocycles. The van der Waals surface area contributed by atoms with E-state index in [9.17, 15) is 9.59 Å². The summed E-state index contributed by atoms with van der Waals surface area (Å²) in [6.07, 6.45) is -1.06. The highest BCUT2D eigenvalue weighted by atomic mass is 16.5. The number of carboxylic acids is 1. The van der Waals surface area contributed by atoms with Crippen LogP contribution in [0.15, 0.2) is 24.3 Å². The molecule has 1 heterocycles. The predicted molar refractivity (Wildman–Crippen MR) is 59.9 cm³/mol. The molecule has 0 aliphatic carbocycles. The van der Waals surface area contributed by atoms with E-state index < -0.39 is 12.1 Å². The number of carbonyl (C=O) groups is 2. The SMILES string of the molecule is NCC(=O)N1CC(C(=O)O)Oc2ccccc21. The number of fused-ring (bicyclic) bond motifs is 1. The molecule has 0 saturated heterocycles. The minimum atomic E-state index is -1.10. The Morgan fingerprint density at radius 2 is 2.18 bits per heavy atom. The summed E-state index contributed by atoms with van der Waals surface area (Å²) in [6.45, 7) is -0.191. The molecule has 1 unspecified atom stereocenters. The fourth-order valence-electron chi connectivity index (χ4n) is 1.71. The highest BCUT2D eigenvalue weighted by Gasteiger charge is 2.32. The van der Waals surface area contributed by atoms with Crippen LogP contribution in [0, 0.1) is 0 Å². The maximum atomic E-state index is 11.7. The molecular weight excluding hydrogens is 224 g/mol. The first-order valence-electron chi connectivity index (χ1n) is 5.12. The van der Waals surface area contributed by atoms with Gasteiger partial charge < -0.3 is 20.5 Å². The number of amides is 1. The van der Waals surface area contributed by atoms with Crippen molar-refractivity contribution in [3.63, 3.8) is 0 Å². The Labute approximate surface area is 97.6 Å². The lowest BCUT2D eigenvalue weighted by Crippen LogP contribution is -2.48. The van der Waals surface area contributed by atoms with Crippen LogP contribution in [0.1, 0.15) is 0 Å². The number of rotatable bonds is 2. The second kappa shape index (κ2) is 4.42. The molecule has 3 N–H and O–H groups in total. The van der Waals surface area contributed by atoms with Gasteiger partial charge in [0.2, 0.25) is 12.0 Å². The molecule has 1 aromatic rings. The van der Waals surface area contributed by atoms with Crippen LogP contribution in [0.3, 0.4) is 0 Å². The lowest BCUT2D eigenvalue weighted by atomic mass is 10.2. The zero-order chi connectivity index (χ0) is 12.4. The standard InChI is InChI=1S/C11H12N2O4/c12-5-10(14)13-6-9(11(15)16)17-8-4-2-1-3-7(8)13/h1-4,9H,5-6,12H2,(H,15,16). The molecule has 1 aliphatic rings.